The molecule has 0 radical (unpaired) electrons. The number of hydrogen-bond donors (Lipinski definition) is 2. The maximum absolute atomic E-state index is 10.8. The second-order valence-electron chi connectivity index (χ2n) is 1.86. The van der Waals surface area contributed by atoms with Gasteiger partial charge in [0, 0.05) is 11.1 Å². The van der Waals surface area contributed by atoms with Gasteiger partial charge in [0.25, 0.3) is 0 Å². The van der Waals surface area contributed by atoms with Crippen molar-refractivity contribution in [1.82, 2.24) is 4.98 Å². The van der Waals surface area contributed by atoms with Crippen LogP contribution in [0.1, 0.15) is 5.69 Å². The summed E-state index contributed by atoms with van der Waals surface area (Å²) in [6, 6.07) is 0. The largest absolute Gasteiger partial charge is 0.239 e. The number of aromatic nitrogens is 1. The molecule has 1 aromatic rings. The fourth-order valence-electron chi connectivity index (χ4n) is 0.472. The number of hydrogen-bond acceptors (Lipinski definition) is 4. The summed E-state index contributed by atoms with van der Waals surface area (Å²) in [7, 11) is -3.07. The van der Waals surface area contributed by atoms with Gasteiger partial charge < -0.3 is 0 Å². The molecule has 0 saturated heterocycles. The summed E-state index contributed by atoms with van der Waals surface area (Å²) in [6.45, 7) is 1.77. The number of nitrogens with zero attached hydrogens (tertiary/aromatic N) is 1. The molecule has 0 aliphatic carbocycles. The van der Waals surface area contributed by atoms with Gasteiger partial charge in [0.1, 0.15) is 0 Å². The van der Waals surface area contributed by atoms with E-state index in [9.17, 15) is 4.21 Å². The Morgan fingerprint density at radius 2 is 2.50 bits per heavy atom. The number of nitrogens with one attached hydrogen (secondary N) is 1. The van der Waals surface area contributed by atoms with E-state index in [0.29, 0.717) is 0 Å². The summed E-state index contributed by atoms with van der Waals surface area (Å²) in [6.07, 6.45) is 0. The summed E-state index contributed by atoms with van der Waals surface area (Å²) < 4.78 is 17.9. The molecule has 4 nitrogen and oxygen atoms in total. The van der Waals surface area contributed by atoms with Gasteiger partial charge in [0.2, 0.25) is 4.34 Å². The number of thiazole rings is 1. The lowest BCUT2D eigenvalue weighted by Crippen LogP contribution is -2.09. The van der Waals surface area contributed by atoms with Crippen molar-refractivity contribution in [2.45, 2.75) is 11.3 Å². The fraction of sp³-hybridized carbons (Fsp3) is 0.250. The smallest absolute Gasteiger partial charge is 0.204 e. The fourth-order valence-corrected chi connectivity index (χ4v) is 1.99. The molecule has 0 amide bonds. The standard InChI is InChI=1S/C4H7N3OS2/c1-3-2-9-4(7-3)10(5,6)8/h2H,1H3,(H3,5,6,8). The maximum atomic E-state index is 10.8. The van der Waals surface area contributed by atoms with Crippen molar-refractivity contribution >= 4 is 21.3 Å². The van der Waals surface area contributed by atoms with Gasteiger partial charge in [0.15, 0.2) is 9.92 Å². The highest BCUT2D eigenvalue weighted by molar-refractivity contribution is 7.92. The first-order valence-corrected chi connectivity index (χ1v) is 4.99. The van der Waals surface area contributed by atoms with Crippen LogP contribution in [0.25, 0.3) is 0 Å². The van der Waals surface area contributed by atoms with Crippen LogP contribution in [0.2, 0.25) is 0 Å². The van der Waals surface area contributed by atoms with Crippen LogP contribution in [0, 0.1) is 11.7 Å². The first-order chi connectivity index (χ1) is 4.50. The Balaban J connectivity index is 3.21. The lowest BCUT2D eigenvalue weighted by Gasteiger charge is -1.90. The average Bonchev–Trinajstić information content (AvgIpc) is 2.11. The highest BCUT2D eigenvalue weighted by atomic mass is 32.2. The van der Waals surface area contributed by atoms with Crippen LogP contribution in [-0.4, -0.2) is 9.19 Å². The van der Waals surface area contributed by atoms with E-state index in [1.807, 2.05) is 0 Å². The minimum Gasteiger partial charge on any atom is -0.239 e. The van der Waals surface area contributed by atoms with Gasteiger partial charge >= 0.3 is 0 Å². The van der Waals surface area contributed by atoms with Gasteiger partial charge in [-0.2, -0.15) is 0 Å². The Labute approximate surface area is 63.2 Å². The normalized spacial score (nSPS) is 16.6. The summed E-state index contributed by atoms with van der Waals surface area (Å²) in [5, 5.41) is 6.73. The van der Waals surface area contributed by atoms with Crippen LogP contribution in [-0.2, 0) is 9.92 Å². The van der Waals surface area contributed by atoms with Crippen molar-refractivity contribution in [3.8, 4) is 0 Å². The quantitative estimate of drug-likeness (QED) is 0.663. The molecule has 0 aliphatic rings. The molecular formula is C4H7N3OS2. The summed E-state index contributed by atoms with van der Waals surface area (Å²) >= 11 is 1.16. The summed E-state index contributed by atoms with van der Waals surface area (Å²) in [4.78, 5) is 3.81. The van der Waals surface area contributed by atoms with E-state index in [1.54, 1.807) is 12.3 Å². The van der Waals surface area contributed by atoms with Gasteiger partial charge in [-0.05, 0) is 6.92 Å². The Morgan fingerprint density at radius 3 is 2.70 bits per heavy atom. The van der Waals surface area contributed by atoms with E-state index < -0.39 is 9.92 Å². The third-order valence-corrected chi connectivity index (χ3v) is 3.25. The lowest BCUT2D eigenvalue weighted by molar-refractivity contribution is 0.675. The third kappa shape index (κ3) is 1.53. The Kier molecular flexibility index (Phi) is 1.76. The van der Waals surface area contributed by atoms with Gasteiger partial charge in [0.05, 0.1) is 0 Å². The first-order valence-electron chi connectivity index (χ1n) is 2.49. The molecule has 0 fully saturated rings. The Morgan fingerprint density at radius 1 is 1.90 bits per heavy atom. The zero-order valence-corrected chi connectivity index (χ0v) is 6.96. The molecule has 1 rings (SSSR count). The topological polar surface area (TPSA) is 79.8 Å². The molecule has 56 valence electrons. The molecule has 1 heterocycles. The zero-order valence-electron chi connectivity index (χ0n) is 5.33. The molecule has 1 atom stereocenters. The zero-order chi connectivity index (χ0) is 7.78. The first kappa shape index (κ1) is 7.64. The van der Waals surface area contributed by atoms with E-state index in [1.165, 1.54) is 0 Å². The predicted octanol–water partition coefficient (Wildman–Crippen LogP) is 0.731. The van der Waals surface area contributed by atoms with Crippen LogP contribution < -0.4 is 5.14 Å². The second kappa shape index (κ2) is 2.30. The lowest BCUT2D eigenvalue weighted by atomic mass is 10.6. The van der Waals surface area contributed by atoms with E-state index in [0.717, 1.165) is 17.0 Å². The molecule has 0 bridgehead atoms. The molecule has 0 spiro atoms. The number of nitrogens with two attached hydrogens (primary N) is 1. The third-order valence-electron chi connectivity index (χ3n) is 0.857. The highest BCUT2D eigenvalue weighted by Gasteiger charge is 2.06. The summed E-state index contributed by atoms with van der Waals surface area (Å²) in [5.74, 6) is 0. The van der Waals surface area contributed by atoms with Crippen molar-refractivity contribution in [2.75, 3.05) is 0 Å². The molecule has 1 unspecified atom stereocenters. The minimum atomic E-state index is -3.07. The molecule has 0 aromatic carbocycles. The maximum Gasteiger partial charge on any atom is 0.204 e. The molecular weight excluding hydrogens is 170 g/mol. The van der Waals surface area contributed by atoms with Crippen molar-refractivity contribution in [3.05, 3.63) is 11.1 Å². The van der Waals surface area contributed by atoms with Gasteiger partial charge in [-0.3, -0.25) is 0 Å². The van der Waals surface area contributed by atoms with Crippen molar-refractivity contribution < 1.29 is 4.21 Å². The van der Waals surface area contributed by atoms with Crippen LogP contribution >= 0.6 is 11.3 Å². The van der Waals surface area contributed by atoms with E-state index in [4.69, 9.17) is 9.92 Å². The molecule has 1 aromatic heterocycles. The molecule has 10 heavy (non-hydrogen) atoms. The van der Waals surface area contributed by atoms with Crippen LogP contribution in [0.15, 0.2) is 9.72 Å². The molecule has 0 saturated carbocycles. The number of aryl methyl sites for hydroxylation is 1. The van der Waals surface area contributed by atoms with Gasteiger partial charge in [-0.1, -0.05) is 0 Å². The van der Waals surface area contributed by atoms with Gasteiger partial charge in [-0.15, -0.1) is 11.3 Å². The predicted molar refractivity (Wildman–Crippen MR) is 40.2 cm³/mol. The average molecular weight is 177 g/mol. The van der Waals surface area contributed by atoms with Crippen molar-refractivity contribution in [3.63, 3.8) is 0 Å². The molecule has 6 heteroatoms. The highest BCUT2D eigenvalue weighted by Crippen LogP contribution is 2.12. The monoisotopic (exact) mass is 177 g/mol. The summed E-state index contributed by atoms with van der Waals surface area (Å²) in [5.41, 5.74) is 0.755. The molecule has 0 aliphatic heterocycles. The van der Waals surface area contributed by atoms with Gasteiger partial charge in [-0.25, -0.2) is 19.1 Å². The second-order valence-corrected chi connectivity index (χ2v) is 4.56. The number of rotatable bonds is 1. The van der Waals surface area contributed by atoms with E-state index in [2.05, 4.69) is 4.98 Å². The van der Waals surface area contributed by atoms with E-state index in [-0.39, 0.29) is 4.34 Å². The van der Waals surface area contributed by atoms with Crippen LogP contribution in [0.4, 0.5) is 0 Å². The minimum absolute atomic E-state index is 0.199. The van der Waals surface area contributed by atoms with Crippen LogP contribution in [0.3, 0.4) is 0 Å². The van der Waals surface area contributed by atoms with Crippen molar-refractivity contribution in [1.29, 1.82) is 4.78 Å². The van der Waals surface area contributed by atoms with E-state index >= 15 is 0 Å². The Hall–Kier alpha value is -0.460. The molecule has 3 N–H and O–H groups in total. The SMILES string of the molecule is Cc1csc(S(=N)(N)=O)n1. The Bertz CT molecular complexity index is 326. The van der Waals surface area contributed by atoms with Crippen molar-refractivity contribution in [2.24, 2.45) is 5.14 Å². The van der Waals surface area contributed by atoms with Crippen LogP contribution in [0.5, 0.6) is 0 Å².